The Labute approximate surface area is 158 Å². The monoisotopic (exact) mass is 388 g/mol. The van der Waals surface area contributed by atoms with Crippen LogP contribution in [-0.4, -0.2) is 16.8 Å². The summed E-state index contributed by atoms with van der Waals surface area (Å²) in [6.07, 6.45) is -3.34. The maximum Gasteiger partial charge on any atom is 0.573 e. The first kappa shape index (κ1) is 19.2. The molecule has 3 rings (SSSR count). The molecular formula is C20H15F3N2O3. The Kier molecular flexibility index (Phi) is 5.49. The average molecular weight is 388 g/mol. The maximum atomic E-state index is 12.4. The zero-order valence-corrected chi connectivity index (χ0v) is 14.4. The molecule has 0 aliphatic heterocycles. The van der Waals surface area contributed by atoms with E-state index in [4.69, 9.17) is 0 Å². The minimum atomic E-state index is -4.78. The van der Waals surface area contributed by atoms with Crippen molar-refractivity contribution in [3.8, 4) is 5.75 Å². The van der Waals surface area contributed by atoms with Gasteiger partial charge in [-0.25, -0.2) is 0 Å². The van der Waals surface area contributed by atoms with Gasteiger partial charge in [-0.3, -0.25) is 9.59 Å². The van der Waals surface area contributed by atoms with E-state index in [-0.39, 0.29) is 16.9 Å². The fourth-order valence-electron chi connectivity index (χ4n) is 2.51. The molecule has 1 N–H and O–H groups in total. The number of carbonyl (C=O) groups excluding carboxylic acids is 1. The van der Waals surface area contributed by atoms with Crippen LogP contribution in [-0.2, 0) is 6.54 Å². The number of aromatic nitrogens is 1. The Bertz CT molecular complexity index is 1010. The van der Waals surface area contributed by atoms with Crippen molar-refractivity contribution in [2.75, 3.05) is 5.32 Å². The topological polar surface area (TPSA) is 60.3 Å². The molecule has 2 aromatic carbocycles. The Morgan fingerprint density at radius 2 is 1.64 bits per heavy atom. The number of rotatable bonds is 5. The van der Waals surface area contributed by atoms with E-state index < -0.39 is 12.3 Å². The summed E-state index contributed by atoms with van der Waals surface area (Å²) < 4.78 is 41.7. The number of carbonyl (C=O) groups is 1. The van der Waals surface area contributed by atoms with Gasteiger partial charge in [0.2, 0.25) is 0 Å². The third kappa shape index (κ3) is 5.23. The Morgan fingerprint density at radius 3 is 2.29 bits per heavy atom. The largest absolute Gasteiger partial charge is 0.573 e. The molecule has 1 aromatic heterocycles. The molecule has 0 atom stereocenters. The standard InChI is InChI=1S/C20H15F3N2O3/c21-20(22,23)28-17-9-7-16(8-10-17)24-19(27)15-6-11-18(26)25(13-15)12-14-4-2-1-3-5-14/h1-11,13H,12H2,(H,24,27). The molecule has 0 fully saturated rings. The summed E-state index contributed by atoms with van der Waals surface area (Å²) in [4.78, 5) is 24.4. The number of alkyl halides is 3. The molecule has 0 radical (unpaired) electrons. The van der Waals surface area contributed by atoms with Gasteiger partial charge in [-0.1, -0.05) is 30.3 Å². The van der Waals surface area contributed by atoms with Crippen LogP contribution in [0.15, 0.2) is 77.7 Å². The first-order chi connectivity index (χ1) is 13.3. The molecule has 0 aliphatic carbocycles. The van der Waals surface area contributed by atoms with E-state index in [2.05, 4.69) is 10.1 Å². The number of pyridine rings is 1. The summed E-state index contributed by atoms with van der Waals surface area (Å²) in [7, 11) is 0. The summed E-state index contributed by atoms with van der Waals surface area (Å²) in [5, 5.41) is 2.57. The molecule has 0 spiro atoms. The average Bonchev–Trinajstić information content (AvgIpc) is 2.65. The molecule has 5 nitrogen and oxygen atoms in total. The predicted octanol–water partition coefficient (Wildman–Crippen LogP) is 4.05. The number of amides is 1. The van der Waals surface area contributed by atoms with Gasteiger partial charge in [-0.2, -0.15) is 0 Å². The molecular weight excluding hydrogens is 373 g/mol. The summed E-state index contributed by atoms with van der Waals surface area (Å²) in [5.74, 6) is -0.881. The molecule has 28 heavy (non-hydrogen) atoms. The van der Waals surface area contributed by atoms with Gasteiger partial charge in [0, 0.05) is 18.0 Å². The second-order valence-electron chi connectivity index (χ2n) is 5.90. The van der Waals surface area contributed by atoms with E-state index in [1.807, 2.05) is 30.3 Å². The van der Waals surface area contributed by atoms with Gasteiger partial charge in [0.15, 0.2) is 0 Å². The third-order valence-electron chi connectivity index (χ3n) is 3.79. The zero-order valence-electron chi connectivity index (χ0n) is 14.4. The van der Waals surface area contributed by atoms with Crippen LogP contribution in [0.3, 0.4) is 0 Å². The lowest BCUT2D eigenvalue weighted by Gasteiger charge is -2.11. The van der Waals surface area contributed by atoms with Crippen LogP contribution in [0.1, 0.15) is 15.9 Å². The van der Waals surface area contributed by atoms with Gasteiger partial charge in [0.25, 0.3) is 11.5 Å². The second-order valence-corrected chi connectivity index (χ2v) is 5.90. The lowest BCUT2D eigenvalue weighted by Crippen LogP contribution is -2.22. The molecule has 8 heteroatoms. The van der Waals surface area contributed by atoms with E-state index in [9.17, 15) is 22.8 Å². The molecule has 1 amide bonds. The first-order valence-corrected chi connectivity index (χ1v) is 8.22. The molecule has 1 heterocycles. The highest BCUT2D eigenvalue weighted by Gasteiger charge is 2.30. The minimum Gasteiger partial charge on any atom is -0.406 e. The number of anilines is 1. The highest BCUT2D eigenvalue weighted by Crippen LogP contribution is 2.24. The van der Waals surface area contributed by atoms with Gasteiger partial charge in [-0.05, 0) is 35.9 Å². The molecule has 0 saturated heterocycles. The van der Waals surface area contributed by atoms with Gasteiger partial charge in [0.1, 0.15) is 5.75 Å². The van der Waals surface area contributed by atoms with E-state index in [1.54, 1.807) is 0 Å². The molecule has 0 aliphatic rings. The van der Waals surface area contributed by atoms with Crippen molar-refractivity contribution in [1.29, 1.82) is 0 Å². The Balaban J connectivity index is 1.72. The highest BCUT2D eigenvalue weighted by molar-refractivity contribution is 6.04. The minimum absolute atomic E-state index is 0.242. The van der Waals surface area contributed by atoms with Crippen LogP contribution < -0.4 is 15.6 Å². The summed E-state index contributed by atoms with van der Waals surface area (Å²) in [6.45, 7) is 0.310. The molecule has 0 saturated carbocycles. The van der Waals surface area contributed by atoms with E-state index in [1.165, 1.54) is 35.0 Å². The Morgan fingerprint density at radius 1 is 0.964 bits per heavy atom. The van der Waals surface area contributed by atoms with Gasteiger partial charge in [-0.15, -0.1) is 13.2 Å². The normalized spacial score (nSPS) is 11.1. The molecule has 3 aromatic rings. The second kappa shape index (κ2) is 7.99. The fourth-order valence-corrected chi connectivity index (χ4v) is 2.51. The lowest BCUT2D eigenvalue weighted by atomic mass is 10.2. The van der Waals surface area contributed by atoms with Crippen LogP contribution in [0.5, 0.6) is 5.75 Å². The van der Waals surface area contributed by atoms with Crippen LogP contribution in [0, 0.1) is 0 Å². The van der Waals surface area contributed by atoms with Crippen molar-refractivity contribution in [3.05, 3.63) is 94.4 Å². The van der Waals surface area contributed by atoms with Crippen molar-refractivity contribution < 1.29 is 22.7 Å². The third-order valence-corrected chi connectivity index (χ3v) is 3.79. The van der Waals surface area contributed by atoms with E-state index >= 15 is 0 Å². The lowest BCUT2D eigenvalue weighted by molar-refractivity contribution is -0.274. The molecule has 0 bridgehead atoms. The number of hydrogen-bond acceptors (Lipinski definition) is 3. The molecule has 0 unspecified atom stereocenters. The van der Waals surface area contributed by atoms with Crippen LogP contribution >= 0.6 is 0 Å². The van der Waals surface area contributed by atoms with Crippen LogP contribution in [0.4, 0.5) is 18.9 Å². The van der Waals surface area contributed by atoms with E-state index in [0.717, 1.165) is 17.7 Å². The maximum absolute atomic E-state index is 12.4. The molecule has 144 valence electrons. The number of halogens is 3. The van der Waals surface area contributed by atoms with Crippen molar-refractivity contribution in [2.24, 2.45) is 0 Å². The Hall–Kier alpha value is -3.55. The zero-order chi connectivity index (χ0) is 20.1. The highest BCUT2D eigenvalue weighted by atomic mass is 19.4. The first-order valence-electron chi connectivity index (χ1n) is 8.22. The number of hydrogen-bond donors (Lipinski definition) is 1. The van der Waals surface area contributed by atoms with Crippen LogP contribution in [0.25, 0.3) is 0 Å². The SMILES string of the molecule is O=C(Nc1ccc(OC(F)(F)F)cc1)c1ccc(=O)n(Cc2ccccc2)c1. The number of nitrogens with one attached hydrogen (secondary N) is 1. The van der Waals surface area contributed by atoms with Crippen LogP contribution in [0.2, 0.25) is 0 Å². The van der Waals surface area contributed by atoms with Gasteiger partial charge in [0.05, 0.1) is 12.1 Å². The van der Waals surface area contributed by atoms with Crippen molar-refractivity contribution in [2.45, 2.75) is 12.9 Å². The van der Waals surface area contributed by atoms with Gasteiger partial charge < -0.3 is 14.6 Å². The number of benzene rings is 2. The quantitative estimate of drug-likeness (QED) is 0.718. The summed E-state index contributed by atoms with van der Waals surface area (Å²) in [5.41, 5.74) is 1.18. The number of nitrogens with zero attached hydrogens (tertiary/aromatic N) is 1. The summed E-state index contributed by atoms with van der Waals surface area (Å²) >= 11 is 0. The van der Waals surface area contributed by atoms with Crippen molar-refractivity contribution in [1.82, 2.24) is 4.57 Å². The fraction of sp³-hybridized carbons (Fsp3) is 0.100. The van der Waals surface area contributed by atoms with Crippen molar-refractivity contribution in [3.63, 3.8) is 0 Å². The van der Waals surface area contributed by atoms with Crippen molar-refractivity contribution >= 4 is 11.6 Å². The van der Waals surface area contributed by atoms with E-state index in [0.29, 0.717) is 12.2 Å². The van der Waals surface area contributed by atoms with Gasteiger partial charge >= 0.3 is 6.36 Å². The summed E-state index contributed by atoms with van der Waals surface area (Å²) in [6, 6.07) is 16.7. The predicted molar refractivity (Wildman–Crippen MR) is 97.3 cm³/mol. The number of ether oxygens (including phenoxy) is 1. The smallest absolute Gasteiger partial charge is 0.406 e.